The van der Waals surface area contributed by atoms with E-state index in [2.05, 4.69) is 5.32 Å². The fourth-order valence-electron chi connectivity index (χ4n) is 6.81. The minimum Gasteiger partial charge on any atom is -0.481 e. The number of nitrogens with one attached hydrogen (secondary N) is 1. The van der Waals surface area contributed by atoms with Crippen LogP contribution in [-0.4, -0.2) is 35.7 Å². The summed E-state index contributed by atoms with van der Waals surface area (Å²) >= 11 is 0. The van der Waals surface area contributed by atoms with E-state index in [0.717, 1.165) is 24.3 Å². The van der Waals surface area contributed by atoms with Gasteiger partial charge in [-0.25, -0.2) is 0 Å². The first-order valence-corrected chi connectivity index (χ1v) is 9.37. The van der Waals surface area contributed by atoms with E-state index in [1.165, 1.54) is 38.5 Å². The number of carbonyl (C=O) groups is 2. The summed E-state index contributed by atoms with van der Waals surface area (Å²) in [5.41, 5.74) is 0.275. The maximum Gasteiger partial charge on any atom is 0.310 e. The molecule has 6 rings (SSSR count). The standard InChI is InChI=1S/C19H25NO4/c21-17(15-13-1-2-14(24-13)16(15)18(22)23)20-9-19-6-10-3-11(7-19)5-12(4-10)8-19/h1-2,10-16H,3-9H2,(H,20,21)(H,22,23)/t10?,11?,12?,13-,14-,15+,16-,19?/m0/s1. The van der Waals surface area contributed by atoms with Crippen LogP contribution in [-0.2, 0) is 14.3 Å². The van der Waals surface area contributed by atoms with Gasteiger partial charge in [0.05, 0.1) is 18.1 Å². The van der Waals surface area contributed by atoms with Gasteiger partial charge < -0.3 is 15.2 Å². The van der Waals surface area contributed by atoms with E-state index < -0.39 is 23.9 Å². The Morgan fingerprint density at radius 1 is 1.00 bits per heavy atom. The molecule has 5 fully saturated rings. The lowest BCUT2D eigenvalue weighted by molar-refractivity contribution is -0.147. The minimum absolute atomic E-state index is 0.130. The van der Waals surface area contributed by atoms with Crippen LogP contribution in [0, 0.1) is 35.0 Å². The molecule has 0 aromatic carbocycles. The smallest absolute Gasteiger partial charge is 0.310 e. The predicted molar refractivity (Wildman–Crippen MR) is 86.0 cm³/mol. The normalized spacial score (nSPS) is 50.4. The molecule has 0 unspecified atom stereocenters. The van der Waals surface area contributed by atoms with Gasteiger partial charge in [0.1, 0.15) is 5.92 Å². The molecule has 4 aliphatic carbocycles. The molecule has 6 aliphatic rings. The average molecular weight is 331 g/mol. The molecule has 0 radical (unpaired) electrons. The Balaban J connectivity index is 1.28. The fourth-order valence-corrected chi connectivity index (χ4v) is 6.81. The second-order valence-electron chi connectivity index (χ2n) is 8.98. The summed E-state index contributed by atoms with van der Waals surface area (Å²) in [5.74, 6) is 0.190. The lowest BCUT2D eigenvalue weighted by Crippen LogP contribution is -2.52. The van der Waals surface area contributed by atoms with Crippen LogP contribution in [0.25, 0.3) is 0 Å². The molecular weight excluding hydrogens is 306 g/mol. The quantitative estimate of drug-likeness (QED) is 0.772. The van der Waals surface area contributed by atoms with Crippen molar-refractivity contribution in [3.63, 3.8) is 0 Å². The molecule has 4 atom stereocenters. The van der Waals surface area contributed by atoms with Crippen LogP contribution in [0.5, 0.6) is 0 Å². The number of rotatable bonds is 4. The van der Waals surface area contributed by atoms with Crippen molar-refractivity contribution >= 4 is 11.9 Å². The lowest BCUT2D eigenvalue weighted by atomic mass is 9.49. The molecule has 130 valence electrons. The molecule has 1 amide bonds. The second kappa shape index (κ2) is 5.07. The zero-order valence-electron chi connectivity index (χ0n) is 13.8. The molecule has 0 aromatic rings. The Morgan fingerprint density at radius 3 is 2.08 bits per heavy atom. The summed E-state index contributed by atoms with van der Waals surface area (Å²) in [6.07, 6.45) is 10.7. The van der Waals surface area contributed by atoms with Gasteiger partial charge in [-0.15, -0.1) is 0 Å². The number of hydrogen-bond donors (Lipinski definition) is 2. The zero-order valence-corrected chi connectivity index (χ0v) is 13.8. The zero-order chi connectivity index (χ0) is 16.5. The summed E-state index contributed by atoms with van der Waals surface area (Å²) in [6, 6.07) is 0. The number of carbonyl (C=O) groups excluding carboxylic acids is 1. The lowest BCUT2D eigenvalue weighted by Gasteiger charge is -2.57. The van der Waals surface area contributed by atoms with Crippen LogP contribution in [0.3, 0.4) is 0 Å². The van der Waals surface area contributed by atoms with Gasteiger partial charge in [0.15, 0.2) is 0 Å². The van der Waals surface area contributed by atoms with Gasteiger partial charge in [-0.05, 0) is 61.7 Å². The highest BCUT2D eigenvalue weighted by Gasteiger charge is 2.54. The predicted octanol–water partition coefficient (Wildman–Crippen LogP) is 1.97. The fraction of sp³-hybridized carbons (Fsp3) is 0.789. The van der Waals surface area contributed by atoms with E-state index in [1.807, 2.05) is 6.08 Å². The molecule has 4 saturated carbocycles. The molecule has 2 N–H and O–H groups in total. The van der Waals surface area contributed by atoms with Crippen molar-refractivity contribution in [2.75, 3.05) is 6.54 Å². The van der Waals surface area contributed by atoms with Gasteiger partial charge in [0.2, 0.25) is 5.91 Å². The number of ether oxygens (including phenoxy) is 1. The van der Waals surface area contributed by atoms with Gasteiger partial charge in [-0.1, -0.05) is 12.2 Å². The topological polar surface area (TPSA) is 75.6 Å². The number of hydrogen-bond acceptors (Lipinski definition) is 3. The highest BCUT2D eigenvalue weighted by molar-refractivity contribution is 5.87. The van der Waals surface area contributed by atoms with E-state index in [4.69, 9.17) is 4.74 Å². The van der Waals surface area contributed by atoms with Crippen LogP contribution in [0.1, 0.15) is 38.5 Å². The second-order valence-corrected chi connectivity index (χ2v) is 8.98. The molecule has 2 aliphatic heterocycles. The van der Waals surface area contributed by atoms with Crippen molar-refractivity contribution < 1.29 is 19.4 Å². The minimum atomic E-state index is -0.929. The number of carboxylic acid groups (broad SMARTS) is 1. The molecule has 24 heavy (non-hydrogen) atoms. The van der Waals surface area contributed by atoms with Gasteiger partial charge in [0, 0.05) is 6.54 Å². The Morgan fingerprint density at radius 2 is 1.54 bits per heavy atom. The third kappa shape index (κ3) is 2.17. The molecule has 6 bridgehead atoms. The van der Waals surface area contributed by atoms with Crippen molar-refractivity contribution in [3.05, 3.63) is 12.2 Å². The monoisotopic (exact) mass is 331 g/mol. The van der Waals surface area contributed by atoms with Crippen molar-refractivity contribution in [1.82, 2.24) is 5.32 Å². The average Bonchev–Trinajstić information content (AvgIpc) is 3.12. The number of fused-ring (bicyclic) bond motifs is 2. The Labute approximate surface area is 141 Å². The maximum absolute atomic E-state index is 12.8. The van der Waals surface area contributed by atoms with Gasteiger partial charge in [0.25, 0.3) is 0 Å². The molecule has 1 saturated heterocycles. The van der Waals surface area contributed by atoms with Crippen molar-refractivity contribution in [2.45, 2.75) is 50.7 Å². The van der Waals surface area contributed by atoms with E-state index >= 15 is 0 Å². The SMILES string of the molecule is O=C(O)[C@@H]1[C@H](C(=O)NCC23CC4CC(CC(C4)C2)C3)[C@@H]2C=C[C@@H]1O2. The summed E-state index contributed by atoms with van der Waals surface area (Å²) in [5, 5.41) is 12.6. The molecule has 5 heteroatoms. The van der Waals surface area contributed by atoms with Gasteiger partial charge in [-0.2, -0.15) is 0 Å². The molecule has 0 aromatic heterocycles. The largest absolute Gasteiger partial charge is 0.481 e. The summed E-state index contributed by atoms with van der Waals surface area (Å²) in [7, 11) is 0. The van der Waals surface area contributed by atoms with Crippen LogP contribution >= 0.6 is 0 Å². The number of carboxylic acids is 1. The Bertz CT molecular complexity index is 577. The first-order valence-electron chi connectivity index (χ1n) is 9.37. The first kappa shape index (κ1) is 14.9. The highest BCUT2D eigenvalue weighted by atomic mass is 16.5. The summed E-state index contributed by atoms with van der Waals surface area (Å²) in [6.45, 7) is 0.722. The molecule has 2 heterocycles. The molecule has 5 nitrogen and oxygen atoms in total. The van der Waals surface area contributed by atoms with E-state index in [-0.39, 0.29) is 17.4 Å². The van der Waals surface area contributed by atoms with E-state index in [0.29, 0.717) is 0 Å². The van der Waals surface area contributed by atoms with E-state index in [9.17, 15) is 14.7 Å². The Hall–Kier alpha value is -1.36. The van der Waals surface area contributed by atoms with Crippen LogP contribution < -0.4 is 5.32 Å². The molecular formula is C19H25NO4. The van der Waals surface area contributed by atoms with Gasteiger partial charge >= 0.3 is 5.97 Å². The van der Waals surface area contributed by atoms with Crippen LogP contribution in [0.15, 0.2) is 12.2 Å². The highest BCUT2D eigenvalue weighted by Crippen LogP contribution is 2.59. The maximum atomic E-state index is 12.8. The Kier molecular flexibility index (Phi) is 3.16. The number of amides is 1. The third-order valence-electron chi connectivity index (χ3n) is 7.29. The molecule has 0 spiro atoms. The van der Waals surface area contributed by atoms with Gasteiger partial charge in [-0.3, -0.25) is 9.59 Å². The van der Waals surface area contributed by atoms with E-state index in [1.54, 1.807) is 6.08 Å². The third-order valence-corrected chi connectivity index (χ3v) is 7.29. The summed E-state index contributed by atoms with van der Waals surface area (Å²) in [4.78, 5) is 24.3. The summed E-state index contributed by atoms with van der Waals surface area (Å²) < 4.78 is 5.62. The van der Waals surface area contributed by atoms with Crippen molar-refractivity contribution in [3.8, 4) is 0 Å². The van der Waals surface area contributed by atoms with Crippen molar-refractivity contribution in [1.29, 1.82) is 0 Å². The van der Waals surface area contributed by atoms with Crippen LogP contribution in [0.2, 0.25) is 0 Å². The first-order chi connectivity index (χ1) is 11.5. The van der Waals surface area contributed by atoms with Crippen LogP contribution in [0.4, 0.5) is 0 Å². The van der Waals surface area contributed by atoms with Crippen molar-refractivity contribution in [2.24, 2.45) is 35.0 Å². The number of aliphatic carboxylic acids is 1.